The van der Waals surface area contributed by atoms with Crippen LogP contribution in [0.4, 0.5) is 0 Å². The van der Waals surface area contributed by atoms with Crippen LogP contribution in [0.3, 0.4) is 0 Å². The molecule has 1 N–H and O–H groups in total. The van der Waals surface area contributed by atoms with E-state index in [4.69, 9.17) is 4.74 Å². The number of nitrogens with zero attached hydrogens (tertiary/aromatic N) is 2. The van der Waals surface area contributed by atoms with Crippen molar-refractivity contribution in [3.05, 3.63) is 15.9 Å². The van der Waals surface area contributed by atoms with Crippen LogP contribution >= 0.6 is 15.9 Å². The standard InChI is InChI=1S/C14H23BrN2O2/c1-10-14(15)13(17(2)16-10)9-11(18)6-7-12-5-3-4-8-19-12/h11-12,18H,3-9H2,1-2H3. The number of aliphatic hydroxyl groups is 1. The van der Waals surface area contributed by atoms with E-state index in [0.717, 1.165) is 41.7 Å². The minimum absolute atomic E-state index is 0.323. The molecule has 0 amide bonds. The fourth-order valence-corrected chi connectivity index (χ4v) is 3.14. The van der Waals surface area contributed by atoms with E-state index in [-0.39, 0.29) is 6.10 Å². The van der Waals surface area contributed by atoms with Crippen molar-refractivity contribution in [1.29, 1.82) is 0 Å². The quantitative estimate of drug-likeness (QED) is 0.902. The van der Waals surface area contributed by atoms with Crippen molar-refractivity contribution in [3.63, 3.8) is 0 Å². The van der Waals surface area contributed by atoms with Crippen LogP contribution in [-0.4, -0.2) is 33.7 Å². The van der Waals surface area contributed by atoms with Crippen LogP contribution in [0, 0.1) is 6.92 Å². The SMILES string of the molecule is Cc1nn(C)c(CC(O)CCC2CCCCO2)c1Br. The summed E-state index contributed by atoms with van der Waals surface area (Å²) in [6.07, 6.45) is 5.99. The summed E-state index contributed by atoms with van der Waals surface area (Å²) in [7, 11) is 1.92. The highest BCUT2D eigenvalue weighted by Crippen LogP contribution is 2.23. The fourth-order valence-electron chi connectivity index (χ4n) is 2.64. The van der Waals surface area contributed by atoms with Gasteiger partial charge in [-0.25, -0.2) is 0 Å². The first-order valence-electron chi connectivity index (χ1n) is 7.05. The van der Waals surface area contributed by atoms with Crippen molar-refractivity contribution in [2.24, 2.45) is 7.05 Å². The van der Waals surface area contributed by atoms with Crippen molar-refractivity contribution < 1.29 is 9.84 Å². The minimum atomic E-state index is -0.323. The van der Waals surface area contributed by atoms with E-state index in [1.165, 1.54) is 12.8 Å². The Morgan fingerprint density at radius 3 is 2.89 bits per heavy atom. The molecule has 1 aliphatic heterocycles. The van der Waals surface area contributed by atoms with Gasteiger partial charge in [-0.2, -0.15) is 5.10 Å². The maximum atomic E-state index is 10.2. The van der Waals surface area contributed by atoms with Crippen molar-refractivity contribution in [3.8, 4) is 0 Å². The summed E-state index contributed by atoms with van der Waals surface area (Å²) >= 11 is 3.54. The molecule has 2 unspecified atom stereocenters. The largest absolute Gasteiger partial charge is 0.393 e. The molecular weight excluding hydrogens is 308 g/mol. The van der Waals surface area contributed by atoms with Gasteiger partial charge in [-0.05, 0) is 55.0 Å². The molecule has 0 aromatic carbocycles. The summed E-state index contributed by atoms with van der Waals surface area (Å²) < 4.78 is 8.56. The second-order valence-electron chi connectivity index (χ2n) is 5.39. The van der Waals surface area contributed by atoms with Gasteiger partial charge in [0, 0.05) is 20.1 Å². The van der Waals surface area contributed by atoms with Gasteiger partial charge in [0.1, 0.15) is 0 Å². The molecule has 4 nitrogen and oxygen atoms in total. The summed E-state index contributed by atoms with van der Waals surface area (Å²) in [5, 5.41) is 14.5. The van der Waals surface area contributed by atoms with Crippen LogP contribution in [0.15, 0.2) is 4.47 Å². The van der Waals surface area contributed by atoms with Crippen molar-refractivity contribution in [2.45, 2.75) is 57.7 Å². The van der Waals surface area contributed by atoms with E-state index in [2.05, 4.69) is 21.0 Å². The van der Waals surface area contributed by atoms with Gasteiger partial charge in [0.2, 0.25) is 0 Å². The molecule has 0 spiro atoms. The maximum absolute atomic E-state index is 10.2. The summed E-state index contributed by atoms with van der Waals surface area (Å²) in [5.41, 5.74) is 2.04. The topological polar surface area (TPSA) is 47.3 Å². The second-order valence-corrected chi connectivity index (χ2v) is 6.19. The van der Waals surface area contributed by atoms with Crippen LogP contribution in [0.2, 0.25) is 0 Å². The van der Waals surface area contributed by atoms with Gasteiger partial charge in [0.05, 0.1) is 28.1 Å². The third kappa shape index (κ3) is 4.04. The number of halogens is 1. The molecule has 1 saturated heterocycles. The zero-order valence-corrected chi connectivity index (χ0v) is 13.3. The molecule has 0 saturated carbocycles. The average molecular weight is 331 g/mol. The highest BCUT2D eigenvalue weighted by Gasteiger charge is 2.18. The number of aliphatic hydroxyl groups excluding tert-OH is 1. The molecule has 1 aromatic rings. The molecule has 0 radical (unpaired) electrons. The predicted octanol–water partition coefficient (Wildman–Crippen LogP) is 2.74. The van der Waals surface area contributed by atoms with Gasteiger partial charge >= 0.3 is 0 Å². The predicted molar refractivity (Wildman–Crippen MR) is 78.2 cm³/mol. The van der Waals surface area contributed by atoms with Crippen LogP contribution in [0.25, 0.3) is 0 Å². The molecule has 5 heteroatoms. The Morgan fingerprint density at radius 1 is 1.53 bits per heavy atom. The first-order valence-corrected chi connectivity index (χ1v) is 7.85. The lowest BCUT2D eigenvalue weighted by atomic mass is 10.0. The molecule has 0 bridgehead atoms. The lowest BCUT2D eigenvalue weighted by Crippen LogP contribution is -2.22. The lowest BCUT2D eigenvalue weighted by Gasteiger charge is -2.23. The average Bonchev–Trinajstić information content (AvgIpc) is 2.64. The number of rotatable bonds is 5. The van der Waals surface area contributed by atoms with Gasteiger partial charge < -0.3 is 9.84 Å². The highest BCUT2D eigenvalue weighted by atomic mass is 79.9. The molecule has 1 aromatic heterocycles. The van der Waals surface area contributed by atoms with Crippen molar-refractivity contribution in [1.82, 2.24) is 9.78 Å². The van der Waals surface area contributed by atoms with Gasteiger partial charge in [-0.3, -0.25) is 4.68 Å². The molecule has 19 heavy (non-hydrogen) atoms. The van der Waals surface area contributed by atoms with Gasteiger partial charge in [-0.15, -0.1) is 0 Å². The molecule has 2 atom stereocenters. The summed E-state index contributed by atoms with van der Waals surface area (Å²) in [6.45, 7) is 2.85. The first-order chi connectivity index (χ1) is 9.08. The molecule has 2 rings (SSSR count). The van der Waals surface area contributed by atoms with E-state index in [1.54, 1.807) is 0 Å². The van der Waals surface area contributed by atoms with E-state index in [0.29, 0.717) is 12.5 Å². The Labute approximate surface area is 123 Å². The van der Waals surface area contributed by atoms with Gasteiger partial charge in [0.15, 0.2) is 0 Å². The summed E-state index contributed by atoms with van der Waals surface area (Å²) in [6, 6.07) is 0. The third-order valence-corrected chi connectivity index (χ3v) is 4.82. The Hall–Kier alpha value is -0.390. The summed E-state index contributed by atoms with van der Waals surface area (Å²) in [4.78, 5) is 0. The molecule has 0 aliphatic carbocycles. The molecule has 2 heterocycles. The first kappa shape index (κ1) is 15.0. The molecular formula is C14H23BrN2O2. The van der Waals surface area contributed by atoms with Crippen LogP contribution < -0.4 is 0 Å². The van der Waals surface area contributed by atoms with Crippen LogP contribution in [-0.2, 0) is 18.2 Å². The zero-order chi connectivity index (χ0) is 13.8. The number of ether oxygens (including phenoxy) is 1. The van der Waals surface area contributed by atoms with Gasteiger partial charge in [-0.1, -0.05) is 0 Å². The van der Waals surface area contributed by atoms with Crippen molar-refractivity contribution >= 4 is 15.9 Å². The summed E-state index contributed by atoms with van der Waals surface area (Å²) in [5.74, 6) is 0. The number of hydrogen-bond donors (Lipinski definition) is 1. The van der Waals surface area contributed by atoms with Crippen molar-refractivity contribution in [2.75, 3.05) is 6.61 Å². The fraction of sp³-hybridized carbons (Fsp3) is 0.786. The van der Waals surface area contributed by atoms with E-state index >= 15 is 0 Å². The van der Waals surface area contributed by atoms with E-state index < -0.39 is 0 Å². The highest BCUT2D eigenvalue weighted by molar-refractivity contribution is 9.10. The van der Waals surface area contributed by atoms with E-state index in [1.807, 2.05) is 18.7 Å². The smallest absolute Gasteiger partial charge is 0.0738 e. The monoisotopic (exact) mass is 330 g/mol. The number of hydrogen-bond acceptors (Lipinski definition) is 3. The Morgan fingerprint density at radius 2 is 2.32 bits per heavy atom. The Balaban J connectivity index is 1.81. The van der Waals surface area contributed by atoms with E-state index in [9.17, 15) is 5.11 Å². The number of aryl methyl sites for hydroxylation is 2. The Bertz CT molecular complexity index is 414. The molecule has 1 fully saturated rings. The molecule has 1 aliphatic rings. The maximum Gasteiger partial charge on any atom is 0.0738 e. The zero-order valence-electron chi connectivity index (χ0n) is 11.7. The third-order valence-electron chi connectivity index (χ3n) is 3.79. The lowest BCUT2D eigenvalue weighted by molar-refractivity contribution is 0.00222. The minimum Gasteiger partial charge on any atom is -0.393 e. The van der Waals surface area contributed by atoms with Crippen LogP contribution in [0.1, 0.15) is 43.5 Å². The normalized spacial score (nSPS) is 21.6. The van der Waals surface area contributed by atoms with Gasteiger partial charge in [0.25, 0.3) is 0 Å². The Kier molecular flexibility index (Phi) is 5.42. The second kappa shape index (κ2) is 6.86. The van der Waals surface area contributed by atoms with Crippen LogP contribution in [0.5, 0.6) is 0 Å². The molecule has 108 valence electrons. The number of aromatic nitrogens is 2.